The lowest BCUT2D eigenvalue weighted by molar-refractivity contribution is -0.161. The van der Waals surface area contributed by atoms with E-state index in [-0.39, 0.29) is 5.92 Å². The Labute approximate surface area is 136 Å². The zero-order valence-electron chi connectivity index (χ0n) is 12.6. The Bertz CT molecular complexity index is 764. The van der Waals surface area contributed by atoms with Crippen LogP contribution in [0.2, 0.25) is 0 Å². The van der Waals surface area contributed by atoms with Crippen molar-refractivity contribution in [2.45, 2.75) is 12.3 Å². The third kappa shape index (κ3) is 1.97. The molecule has 0 aliphatic heterocycles. The number of aryl methyl sites for hydroxylation is 1. The Morgan fingerprint density at radius 1 is 1.27 bits per heavy atom. The third-order valence-electron chi connectivity index (χ3n) is 4.42. The van der Waals surface area contributed by atoms with Crippen molar-refractivity contribution in [3.8, 4) is 0 Å². The first-order chi connectivity index (χ1) is 10.5. The maximum Gasteiger partial charge on any atom is 0.323 e. The summed E-state index contributed by atoms with van der Waals surface area (Å²) < 4.78 is 12.6. The molecule has 0 N–H and O–H groups in total. The zero-order chi connectivity index (χ0) is 16.1. The lowest BCUT2D eigenvalue weighted by Gasteiger charge is -2.12. The first kappa shape index (κ1) is 15.1. The summed E-state index contributed by atoms with van der Waals surface area (Å²) in [6, 6.07) is 5.97. The number of halogens is 1. The summed E-state index contributed by atoms with van der Waals surface area (Å²) in [5.74, 6) is -1.28. The van der Waals surface area contributed by atoms with E-state index in [1.165, 1.54) is 14.2 Å². The number of carbonyl (C=O) groups excluding carboxylic acids is 2. The fourth-order valence-corrected chi connectivity index (χ4v) is 3.57. The molecule has 0 amide bonds. The smallest absolute Gasteiger partial charge is 0.323 e. The maximum absolute atomic E-state index is 12.2. The lowest BCUT2D eigenvalue weighted by atomic mass is 9.99. The molecule has 1 aliphatic carbocycles. The number of methoxy groups -OCH3 is 2. The Hall–Kier alpha value is -1.82. The summed E-state index contributed by atoms with van der Waals surface area (Å²) in [6.45, 7) is 0. The van der Waals surface area contributed by atoms with Gasteiger partial charge in [-0.2, -0.15) is 0 Å². The summed E-state index contributed by atoms with van der Waals surface area (Å²) in [6.07, 6.45) is 2.38. The van der Waals surface area contributed by atoms with Crippen LogP contribution in [0.4, 0.5) is 0 Å². The Morgan fingerprint density at radius 2 is 1.91 bits per heavy atom. The van der Waals surface area contributed by atoms with E-state index in [0.29, 0.717) is 6.42 Å². The van der Waals surface area contributed by atoms with E-state index in [0.717, 1.165) is 20.9 Å². The minimum atomic E-state index is -1.21. The van der Waals surface area contributed by atoms with Gasteiger partial charge < -0.3 is 14.0 Å². The van der Waals surface area contributed by atoms with Crippen LogP contribution in [0.3, 0.4) is 0 Å². The minimum Gasteiger partial charge on any atom is -0.468 e. The van der Waals surface area contributed by atoms with Gasteiger partial charge >= 0.3 is 11.9 Å². The van der Waals surface area contributed by atoms with Gasteiger partial charge in [-0.05, 0) is 30.2 Å². The highest BCUT2D eigenvalue weighted by Gasteiger charge is 2.68. The molecule has 1 atom stereocenters. The molecule has 6 heteroatoms. The highest BCUT2D eigenvalue weighted by atomic mass is 79.9. The normalized spacial score (nSPS) is 19.0. The highest BCUT2D eigenvalue weighted by Crippen LogP contribution is 2.62. The number of rotatable bonds is 3. The summed E-state index contributed by atoms with van der Waals surface area (Å²) in [4.78, 5) is 24.3. The van der Waals surface area contributed by atoms with E-state index in [9.17, 15) is 9.59 Å². The van der Waals surface area contributed by atoms with Gasteiger partial charge in [0.1, 0.15) is 0 Å². The summed E-state index contributed by atoms with van der Waals surface area (Å²) in [7, 11) is 4.53. The zero-order valence-corrected chi connectivity index (χ0v) is 14.1. The van der Waals surface area contributed by atoms with Gasteiger partial charge in [-0.15, -0.1) is 0 Å². The third-order valence-corrected chi connectivity index (χ3v) is 4.91. The molecule has 1 fully saturated rings. The van der Waals surface area contributed by atoms with Crippen molar-refractivity contribution >= 4 is 38.8 Å². The molecule has 116 valence electrons. The molecule has 22 heavy (non-hydrogen) atoms. The van der Waals surface area contributed by atoms with Crippen LogP contribution in [0.5, 0.6) is 0 Å². The van der Waals surface area contributed by atoms with Gasteiger partial charge in [0.05, 0.1) is 14.2 Å². The first-order valence-corrected chi connectivity index (χ1v) is 7.66. The van der Waals surface area contributed by atoms with E-state index >= 15 is 0 Å². The molecule has 3 rings (SSSR count). The molecule has 1 aromatic carbocycles. The number of esters is 2. The molecular weight excluding hydrogens is 350 g/mol. The van der Waals surface area contributed by atoms with Crippen molar-refractivity contribution < 1.29 is 19.1 Å². The average Bonchev–Trinajstić information content (AvgIpc) is 3.19. The Kier molecular flexibility index (Phi) is 3.51. The molecule has 0 radical (unpaired) electrons. The van der Waals surface area contributed by atoms with Crippen LogP contribution in [0.1, 0.15) is 17.9 Å². The second-order valence-corrected chi connectivity index (χ2v) is 6.48. The SMILES string of the molecule is COC(=O)C1(C(=O)OC)CC1c1cn(C)c2ccc(Br)cc12. The summed E-state index contributed by atoms with van der Waals surface area (Å²) in [5, 5.41) is 1.02. The van der Waals surface area contributed by atoms with Gasteiger partial charge in [-0.25, -0.2) is 0 Å². The quantitative estimate of drug-likeness (QED) is 0.619. The average molecular weight is 366 g/mol. The number of benzene rings is 1. The molecule has 0 saturated heterocycles. The first-order valence-electron chi connectivity index (χ1n) is 6.87. The predicted molar refractivity (Wildman–Crippen MR) is 84.4 cm³/mol. The largest absolute Gasteiger partial charge is 0.468 e. The Morgan fingerprint density at radius 3 is 2.50 bits per heavy atom. The van der Waals surface area contributed by atoms with Crippen LogP contribution in [-0.2, 0) is 26.1 Å². The van der Waals surface area contributed by atoms with Crippen LogP contribution >= 0.6 is 15.9 Å². The molecule has 1 unspecified atom stereocenters. The molecule has 1 aliphatic rings. The van der Waals surface area contributed by atoms with E-state index in [1.54, 1.807) is 0 Å². The van der Waals surface area contributed by atoms with Crippen molar-refractivity contribution in [2.24, 2.45) is 12.5 Å². The molecule has 1 saturated carbocycles. The molecular formula is C16H16BrNO4. The van der Waals surface area contributed by atoms with Crippen molar-refractivity contribution in [1.29, 1.82) is 0 Å². The van der Waals surface area contributed by atoms with Crippen molar-refractivity contribution in [3.05, 3.63) is 34.4 Å². The van der Waals surface area contributed by atoms with Gasteiger partial charge in [0.2, 0.25) is 0 Å². The van der Waals surface area contributed by atoms with E-state index in [2.05, 4.69) is 15.9 Å². The summed E-state index contributed by atoms with van der Waals surface area (Å²) in [5.41, 5.74) is 0.809. The van der Waals surface area contributed by atoms with Gasteiger partial charge in [-0.3, -0.25) is 9.59 Å². The van der Waals surface area contributed by atoms with Crippen LogP contribution in [0.15, 0.2) is 28.9 Å². The standard InChI is InChI=1S/C16H16BrNO4/c1-18-8-11(10-6-9(17)4-5-13(10)18)12-7-16(12,14(19)21-2)15(20)22-3/h4-6,8,12H,7H2,1-3H3. The fourth-order valence-electron chi connectivity index (χ4n) is 3.21. The van der Waals surface area contributed by atoms with Gasteiger partial charge in [0.15, 0.2) is 5.41 Å². The van der Waals surface area contributed by atoms with Gasteiger partial charge in [-0.1, -0.05) is 15.9 Å². The second kappa shape index (κ2) is 5.12. The van der Waals surface area contributed by atoms with E-state index in [1.807, 2.05) is 36.0 Å². The Balaban J connectivity index is 2.11. The number of ether oxygens (including phenoxy) is 2. The maximum atomic E-state index is 12.2. The molecule has 0 bridgehead atoms. The van der Waals surface area contributed by atoms with Crippen LogP contribution in [0.25, 0.3) is 10.9 Å². The fraction of sp³-hybridized carbons (Fsp3) is 0.375. The van der Waals surface area contributed by atoms with Crippen LogP contribution in [-0.4, -0.2) is 30.7 Å². The number of nitrogens with zero attached hydrogens (tertiary/aromatic N) is 1. The van der Waals surface area contributed by atoms with Gasteiger partial charge in [0.25, 0.3) is 0 Å². The molecule has 1 aromatic heterocycles. The number of hydrogen-bond acceptors (Lipinski definition) is 4. The summed E-state index contributed by atoms with van der Waals surface area (Å²) >= 11 is 3.47. The number of aromatic nitrogens is 1. The number of hydrogen-bond donors (Lipinski definition) is 0. The van der Waals surface area contributed by atoms with Crippen molar-refractivity contribution in [2.75, 3.05) is 14.2 Å². The molecule has 1 heterocycles. The van der Waals surface area contributed by atoms with Crippen LogP contribution < -0.4 is 0 Å². The molecule has 0 spiro atoms. The topological polar surface area (TPSA) is 57.5 Å². The van der Waals surface area contributed by atoms with E-state index < -0.39 is 17.4 Å². The minimum absolute atomic E-state index is 0.217. The van der Waals surface area contributed by atoms with E-state index in [4.69, 9.17) is 9.47 Å². The highest BCUT2D eigenvalue weighted by molar-refractivity contribution is 9.10. The second-order valence-electron chi connectivity index (χ2n) is 5.57. The monoisotopic (exact) mass is 365 g/mol. The van der Waals surface area contributed by atoms with Gasteiger partial charge in [0, 0.05) is 34.5 Å². The van der Waals surface area contributed by atoms with Crippen LogP contribution in [0, 0.1) is 5.41 Å². The lowest BCUT2D eigenvalue weighted by Crippen LogP contribution is -2.30. The molecule has 2 aromatic rings. The van der Waals surface area contributed by atoms with Crippen molar-refractivity contribution in [3.63, 3.8) is 0 Å². The molecule has 5 nitrogen and oxygen atoms in total. The van der Waals surface area contributed by atoms with Crippen molar-refractivity contribution in [1.82, 2.24) is 4.57 Å². The number of fused-ring (bicyclic) bond motifs is 1. The predicted octanol–water partition coefficient (Wildman–Crippen LogP) is 2.76. The number of carbonyl (C=O) groups is 2.